The zero-order chi connectivity index (χ0) is 24.5. The Bertz CT molecular complexity index is 1270. The van der Waals surface area contributed by atoms with Crippen molar-refractivity contribution < 1.29 is 0 Å². The van der Waals surface area contributed by atoms with Crippen LogP contribution < -0.4 is 0 Å². The van der Waals surface area contributed by atoms with Crippen molar-refractivity contribution in [3.63, 3.8) is 0 Å². The van der Waals surface area contributed by atoms with E-state index in [4.69, 9.17) is 0 Å². The van der Waals surface area contributed by atoms with Gasteiger partial charge in [0.25, 0.3) is 0 Å². The van der Waals surface area contributed by atoms with E-state index in [0.29, 0.717) is 23.3 Å². The largest absolute Gasteiger partial charge is 0.0928 e. The van der Waals surface area contributed by atoms with E-state index >= 15 is 0 Å². The number of benzene rings is 2. The second-order valence-corrected chi connectivity index (χ2v) is 16.0. The molecule has 0 radical (unpaired) electrons. The van der Waals surface area contributed by atoms with Gasteiger partial charge < -0.3 is 0 Å². The van der Waals surface area contributed by atoms with Crippen LogP contribution in [-0.2, 0) is 0 Å². The number of hydrogen-bond donors (Lipinski definition) is 0. The highest BCUT2D eigenvalue weighted by Gasteiger charge is 2.53. The minimum absolute atomic E-state index is 0.437. The molecule has 0 amide bonds. The zero-order valence-electron chi connectivity index (χ0n) is 22.0. The summed E-state index contributed by atoms with van der Waals surface area (Å²) in [5.74, 6) is 1.56. The molecule has 0 fully saturated rings. The molecule has 0 heterocycles. The maximum atomic E-state index is 2.77. The van der Waals surface area contributed by atoms with Crippen molar-refractivity contribution in [2.75, 3.05) is 0 Å². The van der Waals surface area contributed by atoms with Crippen molar-refractivity contribution in [3.8, 4) is 0 Å². The van der Waals surface area contributed by atoms with Gasteiger partial charge in [0.05, 0.1) is 8.07 Å². The molecule has 4 aliphatic rings. The van der Waals surface area contributed by atoms with Crippen LogP contribution in [0.2, 0.25) is 12.6 Å². The predicted octanol–water partition coefficient (Wildman–Crippen LogP) is 9.80. The summed E-state index contributed by atoms with van der Waals surface area (Å²) in [4.78, 5) is 0. The fourth-order valence-electron chi connectivity index (χ4n) is 7.88. The summed E-state index contributed by atoms with van der Waals surface area (Å²) in [6, 6.07) is 20.2. The molecule has 0 N–H and O–H groups in total. The van der Waals surface area contributed by atoms with Crippen LogP contribution in [0.25, 0.3) is 5.20 Å². The van der Waals surface area contributed by atoms with Gasteiger partial charge >= 0.3 is 0 Å². The average molecular weight is 489 g/mol. The lowest BCUT2D eigenvalue weighted by atomic mass is 9.89. The molecule has 184 valence electrons. The number of fused-ring (bicyclic) bond motifs is 6. The second kappa shape index (κ2) is 10.0. The maximum Gasteiger partial charge on any atom is 0.0928 e. The van der Waals surface area contributed by atoms with Crippen LogP contribution in [0.15, 0.2) is 103 Å². The standard InChI is InChI=1S/C35H40Si/c1-3-4-5-6-7-16-25-36(2,34-30-21-12-8-17-26(30)27-18-9-13-22-31(27)34)35-32-23-14-10-19-28(32)29-20-11-15-24-33(29)35/h8-15,17-24,26,28,30,34H,3-7,16,25H2,1-2H3/t26?,28?,30?,34?,36-/m0/s1. The Kier molecular flexibility index (Phi) is 6.60. The monoisotopic (exact) mass is 488 g/mol. The molecule has 0 bridgehead atoms. The van der Waals surface area contributed by atoms with Crippen LogP contribution in [0.3, 0.4) is 0 Å². The number of hydrogen-bond acceptors (Lipinski definition) is 0. The van der Waals surface area contributed by atoms with Crippen molar-refractivity contribution in [2.24, 2.45) is 5.92 Å². The molecule has 6 rings (SSSR count). The van der Waals surface area contributed by atoms with Crippen molar-refractivity contribution in [1.29, 1.82) is 0 Å². The SMILES string of the molecule is CCCCCCCC[Si@](C)(C1=C2C=CC=CC2c2ccccc21)C1c2ccccc2C2C=CC=CC21. The Balaban J connectivity index is 1.47. The van der Waals surface area contributed by atoms with Crippen LogP contribution >= 0.6 is 0 Å². The lowest BCUT2D eigenvalue weighted by Crippen LogP contribution is -2.43. The van der Waals surface area contributed by atoms with E-state index in [1.807, 2.05) is 0 Å². The Morgan fingerprint density at radius 2 is 1.39 bits per heavy atom. The summed E-state index contributed by atoms with van der Waals surface area (Å²) >= 11 is 0. The van der Waals surface area contributed by atoms with Gasteiger partial charge in [0.15, 0.2) is 0 Å². The van der Waals surface area contributed by atoms with Crippen LogP contribution in [0.5, 0.6) is 0 Å². The van der Waals surface area contributed by atoms with E-state index in [9.17, 15) is 0 Å². The van der Waals surface area contributed by atoms with Crippen molar-refractivity contribution in [1.82, 2.24) is 0 Å². The Morgan fingerprint density at radius 3 is 2.25 bits per heavy atom. The van der Waals surface area contributed by atoms with E-state index in [1.54, 1.807) is 27.5 Å². The van der Waals surface area contributed by atoms with Gasteiger partial charge in [0.2, 0.25) is 0 Å². The van der Waals surface area contributed by atoms with Crippen molar-refractivity contribution in [2.45, 2.75) is 75.4 Å². The highest BCUT2D eigenvalue weighted by molar-refractivity contribution is 6.97. The first-order chi connectivity index (χ1) is 17.7. The highest BCUT2D eigenvalue weighted by Crippen LogP contribution is 2.60. The predicted molar refractivity (Wildman–Crippen MR) is 158 cm³/mol. The summed E-state index contributed by atoms with van der Waals surface area (Å²) < 4.78 is 0. The molecule has 1 heteroatoms. The van der Waals surface area contributed by atoms with Gasteiger partial charge in [-0.2, -0.15) is 0 Å². The van der Waals surface area contributed by atoms with Gasteiger partial charge in [-0.15, -0.1) is 0 Å². The Labute approximate surface area is 219 Å². The van der Waals surface area contributed by atoms with Crippen LogP contribution in [0.1, 0.15) is 85.1 Å². The van der Waals surface area contributed by atoms with Crippen LogP contribution in [-0.4, -0.2) is 8.07 Å². The third-order valence-corrected chi connectivity index (χ3v) is 14.6. The lowest BCUT2D eigenvalue weighted by Gasteiger charge is -2.41. The lowest BCUT2D eigenvalue weighted by molar-refractivity contribution is 0.590. The minimum Gasteiger partial charge on any atom is -0.0802 e. The van der Waals surface area contributed by atoms with E-state index in [-0.39, 0.29) is 0 Å². The molecule has 4 unspecified atom stereocenters. The summed E-state index contributed by atoms with van der Waals surface area (Å²) in [6.45, 7) is 5.08. The molecule has 5 atom stereocenters. The quantitative estimate of drug-likeness (QED) is 0.243. The smallest absolute Gasteiger partial charge is 0.0802 e. The normalized spacial score (nSPS) is 26.5. The summed E-state index contributed by atoms with van der Waals surface area (Å²) in [7, 11) is -1.96. The number of allylic oxidation sites excluding steroid dienone is 9. The molecular weight excluding hydrogens is 448 g/mol. The Morgan fingerprint density at radius 1 is 0.694 bits per heavy atom. The molecule has 0 spiro atoms. The third kappa shape index (κ3) is 3.87. The molecule has 0 saturated carbocycles. The number of rotatable bonds is 9. The van der Waals surface area contributed by atoms with E-state index in [0.717, 1.165) is 0 Å². The van der Waals surface area contributed by atoms with Crippen LogP contribution in [0, 0.1) is 5.92 Å². The second-order valence-electron chi connectivity index (χ2n) is 11.6. The molecule has 0 nitrogen and oxygen atoms in total. The fourth-order valence-corrected chi connectivity index (χ4v) is 13.6. The third-order valence-electron chi connectivity index (χ3n) is 9.44. The van der Waals surface area contributed by atoms with E-state index in [1.165, 1.54) is 50.1 Å². The zero-order valence-corrected chi connectivity index (χ0v) is 23.0. The first-order valence-corrected chi connectivity index (χ1v) is 17.1. The van der Waals surface area contributed by atoms with Gasteiger partial charge in [-0.1, -0.05) is 155 Å². The average Bonchev–Trinajstić information content (AvgIpc) is 3.45. The van der Waals surface area contributed by atoms with Gasteiger partial charge in [-0.25, -0.2) is 0 Å². The minimum atomic E-state index is -1.96. The highest BCUT2D eigenvalue weighted by atomic mass is 28.3. The molecule has 0 saturated heterocycles. The van der Waals surface area contributed by atoms with Gasteiger partial charge in [0.1, 0.15) is 0 Å². The fraction of sp³-hybridized carbons (Fsp3) is 0.371. The molecule has 4 aliphatic carbocycles. The summed E-state index contributed by atoms with van der Waals surface area (Å²) in [6.07, 6.45) is 27.3. The first-order valence-electron chi connectivity index (χ1n) is 14.4. The van der Waals surface area contributed by atoms with Gasteiger partial charge in [-0.05, 0) is 44.5 Å². The first kappa shape index (κ1) is 23.7. The van der Waals surface area contributed by atoms with E-state index in [2.05, 4.69) is 111 Å². The van der Waals surface area contributed by atoms with Crippen LogP contribution in [0.4, 0.5) is 0 Å². The number of unbranched alkanes of at least 4 members (excludes halogenated alkanes) is 5. The molecule has 0 aromatic heterocycles. The maximum absolute atomic E-state index is 2.77. The molecule has 36 heavy (non-hydrogen) atoms. The summed E-state index contributed by atoms with van der Waals surface area (Å²) in [5.41, 5.74) is 8.56. The van der Waals surface area contributed by atoms with Gasteiger partial charge in [0, 0.05) is 11.8 Å². The molecule has 2 aromatic carbocycles. The Hall–Kier alpha value is -2.64. The molecular formula is C35H40Si. The van der Waals surface area contributed by atoms with Gasteiger partial charge in [-0.3, -0.25) is 0 Å². The van der Waals surface area contributed by atoms with Crippen molar-refractivity contribution in [3.05, 3.63) is 125 Å². The molecule has 2 aromatic rings. The van der Waals surface area contributed by atoms with Crippen molar-refractivity contribution >= 4 is 13.3 Å². The molecule has 0 aliphatic heterocycles. The van der Waals surface area contributed by atoms with E-state index < -0.39 is 8.07 Å². The summed E-state index contributed by atoms with van der Waals surface area (Å²) in [5, 5.41) is 1.76. The topological polar surface area (TPSA) is 0 Å².